The fourth-order valence-corrected chi connectivity index (χ4v) is 0.416. The first kappa shape index (κ1) is 9.29. The summed E-state index contributed by atoms with van der Waals surface area (Å²) >= 11 is 0. The Bertz CT molecular complexity index is 179. The fraction of sp³-hybridized carbons (Fsp3) is 0.500. The molecule has 0 aliphatic heterocycles. The van der Waals surface area contributed by atoms with E-state index in [0.29, 0.717) is 12.6 Å². The standard InChI is InChI=1S/C2H4F3N2O2P/c1-7(2(8)6-3)10(4,5)9/h1H3,(H,6,8). The van der Waals surface area contributed by atoms with Crippen LogP contribution < -0.4 is 5.54 Å². The van der Waals surface area contributed by atoms with Crippen molar-refractivity contribution in [2.45, 2.75) is 0 Å². The lowest BCUT2D eigenvalue weighted by Gasteiger charge is -2.11. The minimum Gasteiger partial charge on any atom is -0.245 e. The Kier molecular flexibility index (Phi) is 2.71. The van der Waals surface area contributed by atoms with Crippen molar-refractivity contribution >= 4 is 13.9 Å². The van der Waals surface area contributed by atoms with E-state index in [1.54, 1.807) is 0 Å². The van der Waals surface area contributed by atoms with Gasteiger partial charge < -0.3 is 0 Å². The molecule has 60 valence electrons. The van der Waals surface area contributed by atoms with Crippen LogP contribution in [0, 0.1) is 0 Å². The van der Waals surface area contributed by atoms with E-state index in [-0.39, 0.29) is 0 Å². The maximum atomic E-state index is 11.6. The number of hydrogen-bond donors (Lipinski definition) is 1. The summed E-state index contributed by atoms with van der Waals surface area (Å²) in [6, 6.07) is -1.73. The number of urea groups is 1. The largest absolute Gasteiger partial charge is 0.514 e. The van der Waals surface area contributed by atoms with Crippen molar-refractivity contribution in [2.24, 2.45) is 0 Å². The maximum absolute atomic E-state index is 11.6. The molecule has 0 aliphatic carbocycles. The molecule has 4 nitrogen and oxygen atoms in total. The third-order valence-electron chi connectivity index (χ3n) is 0.724. The molecule has 0 heterocycles. The summed E-state index contributed by atoms with van der Waals surface area (Å²) in [4.78, 5) is 9.95. The lowest BCUT2D eigenvalue weighted by molar-refractivity contribution is 0.199. The van der Waals surface area contributed by atoms with E-state index in [2.05, 4.69) is 0 Å². The Hall–Kier alpha value is -0.710. The molecular formula is C2H4F3N2O2P. The van der Waals surface area contributed by atoms with Crippen LogP contribution in [0.25, 0.3) is 0 Å². The van der Waals surface area contributed by atoms with Crippen LogP contribution in [0.15, 0.2) is 0 Å². The Morgan fingerprint density at radius 1 is 1.60 bits per heavy atom. The van der Waals surface area contributed by atoms with Gasteiger partial charge in [-0.1, -0.05) is 4.48 Å². The van der Waals surface area contributed by atoms with Gasteiger partial charge in [0.25, 0.3) is 0 Å². The van der Waals surface area contributed by atoms with Crippen molar-refractivity contribution in [1.82, 2.24) is 10.2 Å². The number of carbonyl (C=O) groups is 1. The minimum absolute atomic E-state index is 0.406. The molecule has 0 unspecified atom stereocenters. The zero-order valence-electron chi connectivity index (χ0n) is 4.84. The zero-order valence-corrected chi connectivity index (χ0v) is 5.74. The van der Waals surface area contributed by atoms with Gasteiger partial charge >= 0.3 is 13.9 Å². The number of nitrogens with one attached hydrogen (secondary N) is 1. The van der Waals surface area contributed by atoms with Gasteiger partial charge in [0, 0.05) is 7.05 Å². The van der Waals surface area contributed by atoms with Crippen molar-refractivity contribution in [3.63, 3.8) is 0 Å². The fourth-order valence-electron chi connectivity index (χ4n) is 0.167. The van der Waals surface area contributed by atoms with Gasteiger partial charge in [0.2, 0.25) is 0 Å². The number of carbonyl (C=O) groups excluding carboxylic acids is 1. The molecule has 0 radical (unpaired) electrons. The summed E-state index contributed by atoms with van der Waals surface area (Å²) in [6.45, 7) is 0. The third-order valence-corrected chi connectivity index (χ3v) is 1.60. The Labute approximate surface area is 54.6 Å². The van der Waals surface area contributed by atoms with Gasteiger partial charge in [-0.05, 0) is 0 Å². The Morgan fingerprint density at radius 3 is 2.10 bits per heavy atom. The van der Waals surface area contributed by atoms with Crippen LogP contribution in [-0.4, -0.2) is 17.7 Å². The second-order valence-electron chi connectivity index (χ2n) is 1.36. The smallest absolute Gasteiger partial charge is 0.245 e. The molecule has 0 aromatic rings. The maximum Gasteiger partial charge on any atom is 0.514 e. The molecule has 0 saturated heterocycles. The van der Waals surface area contributed by atoms with Crippen molar-refractivity contribution < 1.29 is 22.2 Å². The van der Waals surface area contributed by atoms with Gasteiger partial charge in [-0.15, -0.1) is 8.39 Å². The third kappa shape index (κ3) is 2.26. The topological polar surface area (TPSA) is 49.4 Å². The van der Waals surface area contributed by atoms with E-state index in [0.717, 1.165) is 0 Å². The van der Waals surface area contributed by atoms with Crippen LogP contribution in [0.2, 0.25) is 0 Å². The van der Waals surface area contributed by atoms with Crippen molar-refractivity contribution in [3.8, 4) is 0 Å². The van der Waals surface area contributed by atoms with E-state index in [1.807, 2.05) is 0 Å². The average Bonchev–Trinajstić information content (AvgIpc) is 1.83. The number of amides is 2. The summed E-state index contributed by atoms with van der Waals surface area (Å²) in [6.07, 6.45) is 0. The average molecular weight is 176 g/mol. The number of hydrogen-bond acceptors (Lipinski definition) is 2. The summed E-state index contributed by atoms with van der Waals surface area (Å²) < 4.78 is 43.5. The molecule has 0 aromatic heterocycles. The highest BCUT2D eigenvalue weighted by Crippen LogP contribution is 2.51. The first-order chi connectivity index (χ1) is 4.39. The number of rotatable bonds is 1. The van der Waals surface area contributed by atoms with Gasteiger partial charge in [-0.25, -0.2) is 14.0 Å². The number of halogens is 3. The quantitative estimate of drug-likeness (QED) is 0.486. The molecule has 0 aliphatic rings. The molecule has 0 aromatic carbocycles. The number of nitrogens with zero attached hydrogens (tertiary/aromatic N) is 1. The molecule has 0 fully saturated rings. The van der Waals surface area contributed by atoms with E-state index in [4.69, 9.17) is 0 Å². The SMILES string of the molecule is CN(C(=O)NF)P(=O)(F)F. The molecule has 0 saturated carbocycles. The van der Waals surface area contributed by atoms with E-state index in [9.17, 15) is 22.2 Å². The second-order valence-corrected chi connectivity index (χ2v) is 2.83. The van der Waals surface area contributed by atoms with E-state index >= 15 is 0 Å². The molecule has 0 rings (SSSR count). The summed E-state index contributed by atoms with van der Waals surface area (Å²) in [7, 11) is -5.12. The van der Waals surface area contributed by atoms with Crippen LogP contribution in [0.4, 0.5) is 17.7 Å². The van der Waals surface area contributed by atoms with Crippen molar-refractivity contribution in [2.75, 3.05) is 7.05 Å². The molecule has 0 atom stereocenters. The normalized spacial score (nSPS) is 10.8. The van der Waals surface area contributed by atoms with Crippen LogP contribution in [0.1, 0.15) is 0 Å². The van der Waals surface area contributed by atoms with Gasteiger partial charge in [-0.2, -0.15) is 5.54 Å². The first-order valence-corrected chi connectivity index (χ1v) is 3.48. The predicted octanol–water partition coefficient (Wildman–Crippen LogP) is 1.56. The molecule has 0 bridgehead atoms. The zero-order chi connectivity index (χ0) is 8.36. The monoisotopic (exact) mass is 176 g/mol. The summed E-state index contributed by atoms with van der Waals surface area (Å²) in [5.41, 5.74) is 0.406. The highest BCUT2D eigenvalue weighted by Gasteiger charge is 2.31. The highest BCUT2D eigenvalue weighted by molar-refractivity contribution is 7.51. The van der Waals surface area contributed by atoms with Gasteiger partial charge in [0.05, 0.1) is 0 Å². The van der Waals surface area contributed by atoms with Gasteiger partial charge in [0.1, 0.15) is 0 Å². The van der Waals surface area contributed by atoms with Gasteiger partial charge in [-0.3, -0.25) is 0 Å². The first-order valence-electron chi connectivity index (χ1n) is 2.03. The molecule has 2 amide bonds. The highest BCUT2D eigenvalue weighted by atomic mass is 31.2. The molecule has 8 heteroatoms. The second kappa shape index (κ2) is 2.92. The van der Waals surface area contributed by atoms with Crippen LogP contribution in [0.3, 0.4) is 0 Å². The lowest BCUT2D eigenvalue weighted by atomic mass is 11.0. The van der Waals surface area contributed by atoms with Crippen LogP contribution in [0.5, 0.6) is 0 Å². The van der Waals surface area contributed by atoms with Crippen LogP contribution in [-0.2, 0) is 4.57 Å². The van der Waals surface area contributed by atoms with Crippen LogP contribution >= 0.6 is 7.91 Å². The Morgan fingerprint density at radius 2 is 2.00 bits per heavy atom. The summed E-state index contributed by atoms with van der Waals surface area (Å²) in [5, 5.41) is 0. The molecular weight excluding hydrogens is 172 g/mol. The van der Waals surface area contributed by atoms with Crippen molar-refractivity contribution in [3.05, 3.63) is 0 Å². The van der Waals surface area contributed by atoms with E-state index in [1.165, 1.54) is 0 Å². The Balaban J connectivity index is 4.23. The molecule has 0 spiro atoms. The molecule has 1 N–H and O–H groups in total. The minimum atomic E-state index is -5.65. The van der Waals surface area contributed by atoms with Crippen molar-refractivity contribution in [1.29, 1.82) is 0 Å². The van der Waals surface area contributed by atoms with E-state index < -0.39 is 18.6 Å². The predicted molar refractivity (Wildman–Crippen MR) is 27.2 cm³/mol. The summed E-state index contributed by atoms with van der Waals surface area (Å²) in [5.74, 6) is 0. The molecule has 10 heavy (non-hydrogen) atoms. The lowest BCUT2D eigenvalue weighted by Crippen LogP contribution is -2.28. The van der Waals surface area contributed by atoms with Gasteiger partial charge in [0.15, 0.2) is 0 Å².